The first kappa shape index (κ1) is 13.7. The van der Waals surface area contributed by atoms with E-state index in [0.29, 0.717) is 11.0 Å². The first-order valence-corrected chi connectivity index (χ1v) is 6.88. The first-order chi connectivity index (χ1) is 10.1. The van der Waals surface area contributed by atoms with Gasteiger partial charge in [0.2, 0.25) is 11.2 Å². The van der Waals surface area contributed by atoms with E-state index in [0.717, 1.165) is 6.26 Å². The van der Waals surface area contributed by atoms with E-state index in [2.05, 4.69) is 0 Å². The van der Waals surface area contributed by atoms with Crippen LogP contribution in [0.2, 0.25) is 0 Å². The SMILES string of the molecule is COc1c2occc2c(OC)c2c(=O)c(S(=O)O)coc12. The monoisotopic (exact) mass is 310 g/mol. The highest BCUT2D eigenvalue weighted by Gasteiger charge is 2.24. The highest BCUT2D eigenvalue weighted by Crippen LogP contribution is 2.41. The fourth-order valence-electron chi connectivity index (χ4n) is 2.24. The largest absolute Gasteiger partial charge is 0.495 e. The maximum Gasteiger partial charge on any atom is 0.215 e. The molecule has 1 atom stereocenters. The van der Waals surface area contributed by atoms with Crippen molar-refractivity contribution in [1.29, 1.82) is 0 Å². The Morgan fingerprint density at radius 3 is 2.48 bits per heavy atom. The van der Waals surface area contributed by atoms with Gasteiger partial charge in [-0.25, -0.2) is 4.21 Å². The molecule has 0 bridgehead atoms. The van der Waals surface area contributed by atoms with E-state index >= 15 is 0 Å². The van der Waals surface area contributed by atoms with Gasteiger partial charge in [0, 0.05) is 0 Å². The molecule has 0 aliphatic heterocycles. The van der Waals surface area contributed by atoms with E-state index < -0.39 is 16.5 Å². The molecule has 0 aliphatic rings. The zero-order valence-electron chi connectivity index (χ0n) is 11.0. The Morgan fingerprint density at radius 1 is 1.14 bits per heavy atom. The molecule has 7 nitrogen and oxygen atoms in total. The van der Waals surface area contributed by atoms with Crippen molar-refractivity contribution < 1.29 is 27.1 Å². The molecule has 8 heteroatoms. The van der Waals surface area contributed by atoms with Crippen molar-refractivity contribution in [1.82, 2.24) is 0 Å². The molecule has 0 spiro atoms. The van der Waals surface area contributed by atoms with Gasteiger partial charge < -0.3 is 22.9 Å². The summed E-state index contributed by atoms with van der Waals surface area (Å²) in [4.78, 5) is 12.0. The van der Waals surface area contributed by atoms with Crippen molar-refractivity contribution in [3.05, 3.63) is 28.8 Å². The average Bonchev–Trinajstić information content (AvgIpc) is 2.93. The van der Waals surface area contributed by atoms with Crippen LogP contribution < -0.4 is 14.9 Å². The van der Waals surface area contributed by atoms with Crippen molar-refractivity contribution in [3.63, 3.8) is 0 Å². The Hall–Kier alpha value is -2.32. The number of hydrogen-bond donors (Lipinski definition) is 1. The summed E-state index contributed by atoms with van der Waals surface area (Å²) in [6.45, 7) is 0. The summed E-state index contributed by atoms with van der Waals surface area (Å²) >= 11 is -2.47. The van der Waals surface area contributed by atoms with Gasteiger partial charge in [0.05, 0.1) is 25.9 Å². The van der Waals surface area contributed by atoms with E-state index in [1.54, 1.807) is 6.07 Å². The van der Waals surface area contributed by atoms with Crippen LogP contribution in [0.1, 0.15) is 0 Å². The number of rotatable bonds is 3. The average molecular weight is 310 g/mol. The van der Waals surface area contributed by atoms with Crippen LogP contribution >= 0.6 is 0 Å². The van der Waals surface area contributed by atoms with Gasteiger partial charge in [-0.15, -0.1) is 0 Å². The predicted octanol–water partition coefficient (Wildman–Crippen LogP) is 2.14. The molecular formula is C13H10O7S. The molecule has 0 radical (unpaired) electrons. The Morgan fingerprint density at radius 2 is 1.86 bits per heavy atom. The number of methoxy groups -OCH3 is 2. The molecular weight excluding hydrogens is 300 g/mol. The maximum atomic E-state index is 12.4. The summed E-state index contributed by atoms with van der Waals surface area (Å²) in [5.74, 6) is 0.425. The minimum absolute atomic E-state index is 0.0307. The lowest BCUT2D eigenvalue weighted by Gasteiger charge is -2.10. The van der Waals surface area contributed by atoms with E-state index in [4.69, 9.17) is 22.9 Å². The molecule has 0 saturated carbocycles. The molecule has 3 aromatic rings. The van der Waals surface area contributed by atoms with Crippen molar-refractivity contribution in [2.24, 2.45) is 0 Å². The van der Waals surface area contributed by atoms with Crippen LogP contribution in [-0.2, 0) is 11.1 Å². The van der Waals surface area contributed by atoms with Gasteiger partial charge in [0.25, 0.3) is 0 Å². The lowest BCUT2D eigenvalue weighted by Crippen LogP contribution is -2.11. The summed E-state index contributed by atoms with van der Waals surface area (Å²) < 4.78 is 41.5. The fraction of sp³-hybridized carbons (Fsp3) is 0.154. The summed E-state index contributed by atoms with van der Waals surface area (Å²) in [6, 6.07) is 1.61. The second kappa shape index (κ2) is 4.90. The van der Waals surface area contributed by atoms with Crippen molar-refractivity contribution in [3.8, 4) is 11.5 Å². The molecule has 3 rings (SSSR count). The zero-order valence-corrected chi connectivity index (χ0v) is 11.9. The minimum atomic E-state index is -2.47. The zero-order chi connectivity index (χ0) is 15.1. The second-order valence-electron chi connectivity index (χ2n) is 4.11. The smallest absolute Gasteiger partial charge is 0.215 e. The number of benzene rings is 1. The normalized spacial score (nSPS) is 12.7. The van der Waals surface area contributed by atoms with Gasteiger partial charge in [-0.2, -0.15) is 0 Å². The molecule has 110 valence electrons. The first-order valence-electron chi connectivity index (χ1n) is 5.77. The highest BCUT2D eigenvalue weighted by atomic mass is 32.2. The van der Waals surface area contributed by atoms with Gasteiger partial charge in [0.1, 0.15) is 22.3 Å². The molecule has 0 fully saturated rings. The number of furan rings is 1. The molecule has 0 aliphatic carbocycles. The van der Waals surface area contributed by atoms with Crippen LogP contribution in [-0.4, -0.2) is 23.0 Å². The number of fused-ring (bicyclic) bond motifs is 2. The molecule has 2 heterocycles. The van der Waals surface area contributed by atoms with Crippen LogP contribution in [0.15, 0.2) is 37.1 Å². The Balaban J connectivity index is 2.63. The van der Waals surface area contributed by atoms with E-state index in [-0.39, 0.29) is 27.4 Å². The van der Waals surface area contributed by atoms with Gasteiger partial charge >= 0.3 is 0 Å². The third kappa shape index (κ3) is 1.83. The predicted molar refractivity (Wildman–Crippen MR) is 74.4 cm³/mol. The molecule has 1 N–H and O–H groups in total. The molecule has 2 aromatic heterocycles. The van der Waals surface area contributed by atoms with E-state index in [1.165, 1.54) is 20.5 Å². The summed E-state index contributed by atoms with van der Waals surface area (Å²) in [7, 11) is 2.79. The van der Waals surface area contributed by atoms with Gasteiger partial charge in [-0.3, -0.25) is 4.79 Å². The van der Waals surface area contributed by atoms with E-state index in [1.807, 2.05) is 0 Å². The van der Waals surface area contributed by atoms with Gasteiger partial charge in [-0.1, -0.05) is 0 Å². The fourth-order valence-corrected chi connectivity index (χ4v) is 2.64. The molecule has 0 saturated heterocycles. The number of ether oxygens (including phenoxy) is 2. The number of hydrogen-bond acceptors (Lipinski definition) is 6. The van der Waals surface area contributed by atoms with Crippen LogP contribution in [0.4, 0.5) is 0 Å². The molecule has 21 heavy (non-hydrogen) atoms. The van der Waals surface area contributed by atoms with Gasteiger partial charge in [-0.05, 0) is 6.07 Å². The molecule has 1 aromatic carbocycles. The second-order valence-corrected chi connectivity index (χ2v) is 5.05. The topological polar surface area (TPSA) is 99.1 Å². The van der Waals surface area contributed by atoms with Crippen molar-refractivity contribution >= 4 is 33.0 Å². The quantitative estimate of drug-likeness (QED) is 0.740. The Bertz CT molecular complexity index is 922. The van der Waals surface area contributed by atoms with Crippen molar-refractivity contribution in [2.45, 2.75) is 4.90 Å². The highest BCUT2D eigenvalue weighted by molar-refractivity contribution is 7.79. The van der Waals surface area contributed by atoms with Crippen LogP contribution in [0, 0.1) is 0 Å². The molecule has 1 unspecified atom stereocenters. The third-order valence-corrected chi connectivity index (χ3v) is 3.77. The van der Waals surface area contributed by atoms with Crippen LogP contribution in [0.5, 0.6) is 11.5 Å². The summed E-state index contributed by atoms with van der Waals surface area (Å²) in [6.07, 6.45) is 2.35. The van der Waals surface area contributed by atoms with Gasteiger partial charge in [0.15, 0.2) is 22.2 Å². The lowest BCUT2D eigenvalue weighted by molar-refractivity contribution is 0.399. The minimum Gasteiger partial charge on any atom is -0.495 e. The maximum absolute atomic E-state index is 12.4. The third-order valence-electron chi connectivity index (χ3n) is 3.11. The lowest BCUT2D eigenvalue weighted by atomic mass is 10.1. The summed E-state index contributed by atoms with van der Waals surface area (Å²) in [5, 5.41) is 0.540. The van der Waals surface area contributed by atoms with Crippen molar-refractivity contribution in [2.75, 3.05) is 14.2 Å². The van der Waals surface area contributed by atoms with E-state index in [9.17, 15) is 9.00 Å². The Labute approximate surface area is 120 Å². The van der Waals surface area contributed by atoms with Crippen LogP contribution in [0.25, 0.3) is 21.9 Å². The molecule has 0 amide bonds. The standard InChI is InChI=1S/C13H10O7S/c1-17-10-6-3-4-19-11(6)13(18-2)12-8(10)9(14)7(5-20-12)21(15)16/h3-5H,1-2H3,(H,15,16). The summed E-state index contributed by atoms with van der Waals surface area (Å²) in [5.41, 5.74) is -0.200. The Kier molecular flexibility index (Phi) is 3.19. The van der Waals surface area contributed by atoms with Crippen LogP contribution in [0.3, 0.4) is 0 Å².